The largest absolute Gasteiger partial charge is 0.459 e. The molecule has 1 aromatic rings. The Kier molecular flexibility index (Phi) is 5.18. The lowest BCUT2D eigenvalue weighted by Gasteiger charge is -2.27. The number of likely N-dealkylation sites (tertiary alicyclic amines) is 1. The minimum atomic E-state index is -0.459. The van der Waals surface area contributed by atoms with Gasteiger partial charge in [-0.25, -0.2) is 0 Å². The van der Waals surface area contributed by atoms with Crippen molar-refractivity contribution in [3.8, 4) is 0 Å². The van der Waals surface area contributed by atoms with Gasteiger partial charge < -0.3 is 4.74 Å². The van der Waals surface area contributed by atoms with Gasteiger partial charge in [-0.05, 0) is 63.9 Å². The molecule has 0 saturated carbocycles. The van der Waals surface area contributed by atoms with E-state index in [9.17, 15) is 4.79 Å². The van der Waals surface area contributed by atoms with Gasteiger partial charge >= 0.3 is 5.97 Å². The maximum Gasteiger partial charge on any atom is 0.323 e. The Morgan fingerprint density at radius 1 is 1.38 bits per heavy atom. The van der Waals surface area contributed by atoms with Gasteiger partial charge in [0, 0.05) is 16.6 Å². The number of benzene rings is 1. The summed E-state index contributed by atoms with van der Waals surface area (Å²) in [6.45, 7) is 7.14. The van der Waals surface area contributed by atoms with E-state index in [1.54, 1.807) is 12.1 Å². The first-order chi connectivity index (χ1) is 9.76. The van der Waals surface area contributed by atoms with Crippen molar-refractivity contribution >= 4 is 29.2 Å². The van der Waals surface area contributed by atoms with Gasteiger partial charge in [0.2, 0.25) is 0 Å². The summed E-state index contributed by atoms with van der Waals surface area (Å²) in [6.07, 6.45) is 1.81. The molecule has 0 bridgehead atoms. The Morgan fingerprint density at radius 2 is 2.10 bits per heavy atom. The van der Waals surface area contributed by atoms with E-state index in [4.69, 9.17) is 27.9 Å². The first-order valence-electron chi connectivity index (χ1n) is 7.17. The molecule has 0 aromatic heterocycles. The third kappa shape index (κ3) is 4.60. The number of carbonyl (C=O) groups is 1. The third-order valence-electron chi connectivity index (χ3n) is 3.42. The molecule has 1 atom stereocenters. The fourth-order valence-electron chi connectivity index (χ4n) is 2.54. The van der Waals surface area contributed by atoms with E-state index >= 15 is 0 Å². The van der Waals surface area contributed by atoms with Crippen LogP contribution in [0.15, 0.2) is 18.2 Å². The molecule has 0 unspecified atom stereocenters. The van der Waals surface area contributed by atoms with Gasteiger partial charge in [0.15, 0.2) is 0 Å². The second-order valence-corrected chi connectivity index (χ2v) is 7.24. The number of carbonyl (C=O) groups excluding carboxylic acids is 1. The van der Waals surface area contributed by atoms with Crippen LogP contribution >= 0.6 is 23.2 Å². The van der Waals surface area contributed by atoms with E-state index in [1.165, 1.54) is 0 Å². The number of nitrogens with zero attached hydrogens (tertiary/aromatic N) is 1. The summed E-state index contributed by atoms with van der Waals surface area (Å²) in [5, 5.41) is 1.33. The molecule has 1 aliphatic heterocycles. The molecule has 0 spiro atoms. The summed E-state index contributed by atoms with van der Waals surface area (Å²) in [5.41, 5.74) is 0.485. The highest BCUT2D eigenvalue weighted by molar-refractivity contribution is 6.33. The number of hydrogen-bond acceptors (Lipinski definition) is 3. The summed E-state index contributed by atoms with van der Waals surface area (Å²) in [6, 6.07) is 5.22. The maximum absolute atomic E-state index is 12.3. The van der Waals surface area contributed by atoms with Crippen molar-refractivity contribution in [2.45, 2.75) is 51.8 Å². The molecule has 5 heteroatoms. The van der Waals surface area contributed by atoms with E-state index in [1.807, 2.05) is 26.8 Å². The predicted octanol–water partition coefficient (Wildman–Crippen LogP) is 4.30. The van der Waals surface area contributed by atoms with Crippen LogP contribution in [-0.2, 0) is 16.1 Å². The quantitative estimate of drug-likeness (QED) is 0.774. The minimum absolute atomic E-state index is 0.154. The Bertz CT molecular complexity index is 525. The summed E-state index contributed by atoms with van der Waals surface area (Å²) in [5.74, 6) is -0.154. The van der Waals surface area contributed by atoms with Crippen molar-refractivity contribution in [3.05, 3.63) is 33.8 Å². The Balaban J connectivity index is 2.08. The summed E-state index contributed by atoms with van der Waals surface area (Å²) >= 11 is 12.2. The Hall–Kier alpha value is -0.770. The number of halogens is 2. The molecule has 0 amide bonds. The van der Waals surface area contributed by atoms with Crippen LogP contribution in [0.1, 0.15) is 39.2 Å². The van der Waals surface area contributed by atoms with Crippen LogP contribution in [0.3, 0.4) is 0 Å². The number of ether oxygens (including phenoxy) is 1. The molecule has 1 heterocycles. The van der Waals surface area contributed by atoms with E-state index in [2.05, 4.69) is 4.90 Å². The Morgan fingerprint density at radius 3 is 2.76 bits per heavy atom. The molecule has 116 valence electrons. The van der Waals surface area contributed by atoms with Crippen molar-refractivity contribution in [2.75, 3.05) is 6.54 Å². The van der Waals surface area contributed by atoms with Gasteiger partial charge in [-0.2, -0.15) is 0 Å². The molecule has 1 aliphatic rings. The van der Waals surface area contributed by atoms with Crippen molar-refractivity contribution in [1.29, 1.82) is 0 Å². The standard InChI is InChI=1S/C16H21Cl2NO2/c1-16(2,3)21-15(20)14-5-4-8-19(14)10-11-9-12(17)6-7-13(11)18/h6-7,9,14H,4-5,8,10H2,1-3H3/t14-/m1/s1. The summed E-state index contributed by atoms with van der Waals surface area (Å²) in [7, 11) is 0. The minimum Gasteiger partial charge on any atom is -0.459 e. The van der Waals surface area contributed by atoms with E-state index in [-0.39, 0.29) is 12.0 Å². The van der Waals surface area contributed by atoms with Crippen molar-refractivity contribution in [2.24, 2.45) is 0 Å². The van der Waals surface area contributed by atoms with Gasteiger partial charge in [0.05, 0.1) is 0 Å². The molecule has 0 aliphatic carbocycles. The lowest BCUT2D eigenvalue weighted by Crippen LogP contribution is -2.40. The molecule has 1 aromatic carbocycles. The highest BCUT2D eigenvalue weighted by Crippen LogP contribution is 2.27. The molecule has 1 fully saturated rings. The van der Waals surface area contributed by atoms with Crippen LogP contribution in [0.2, 0.25) is 10.0 Å². The summed E-state index contributed by atoms with van der Waals surface area (Å²) < 4.78 is 5.50. The number of rotatable bonds is 3. The average molecular weight is 330 g/mol. The predicted molar refractivity (Wildman–Crippen MR) is 85.7 cm³/mol. The zero-order valence-electron chi connectivity index (χ0n) is 12.7. The molecule has 0 N–H and O–H groups in total. The van der Waals surface area contributed by atoms with Gasteiger partial charge in [0.25, 0.3) is 0 Å². The molecule has 21 heavy (non-hydrogen) atoms. The lowest BCUT2D eigenvalue weighted by molar-refractivity contribution is -0.160. The zero-order valence-corrected chi connectivity index (χ0v) is 14.2. The van der Waals surface area contributed by atoms with Crippen molar-refractivity contribution < 1.29 is 9.53 Å². The first-order valence-corrected chi connectivity index (χ1v) is 7.93. The average Bonchev–Trinajstić information content (AvgIpc) is 2.80. The van der Waals surface area contributed by atoms with Crippen LogP contribution in [-0.4, -0.2) is 29.1 Å². The van der Waals surface area contributed by atoms with Crippen LogP contribution in [0.5, 0.6) is 0 Å². The van der Waals surface area contributed by atoms with Crippen molar-refractivity contribution in [1.82, 2.24) is 4.90 Å². The molecule has 3 nitrogen and oxygen atoms in total. The van der Waals surface area contributed by atoms with Gasteiger partial charge in [-0.15, -0.1) is 0 Å². The Labute approximate surface area is 136 Å². The highest BCUT2D eigenvalue weighted by Gasteiger charge is 2.34. The maximum atomic E-state index is 12.3. The normalized spacial score (nSPS) is 19.8. The zero-order chi connectivity index (χ0) is 15.6. The smallest absolute Gasteiger partial charge is 0.323 e. The van der Waals surface area contributed by atoms with Gasteiger partial charge in [0.1, 0.15) is 11.6 Å². The highest BCUT2D eigenvalue weighted by atomic mass is 35.5. The number of hydrogen-bond donors (Lipinski definition) is 0. The van der Waals surface area contributed by atoms with Crippen LogP contribution in [0.4, 0.5) is 0 Å². The lowest BCUT2D eigenvalue weighted by atomic mass is 10.1. The monoisotopic (exact) mass is 329 g/mol. The molecular formula is C16H21Cl2NO2. The third-order valence-corrected chi connectivity index (χ3v) is 4.03. The van der Waals surface area contributed by atoms with Crippen LogP contribution in [0, 0.1) is 0 Å². The van der Waals surface area contributed by atoms with E-state index < -0.39 is 5.60 Å². The summed E-state index contributed by atoms with van der Waals surface area (Å²) in [4.78, 5) is 14.4. The molecular weight excluding hydrogens is 309 g/mol. The topological polar surface area (TPSA) is 29.5 Å². The number of esters is 1. The van der Waals surface area contributed by atoms with E-state index in [0.29, 0.717) is 16.6 Å². The van der Waals surface area contributed by atoms with Gasteiger partial charge in [-0.3, -0.25) is 9.69 Å². The SMILES string of the molecule is CC(C)(C)OC(=O)[C@H]1CCCN1Cc1cc(Cl)ccc1Cl. The second-order valence-electron chi connectivity index (χ2n) is 6.40. The first kappa shape index (κ1) is 16.6. The van der Waals surface area contributed by atoms with Crippen LogP contribution in [0.25, 0.3) is 0 Å². The van der Waals surface area contributed by atoms with Crippen molar-refractivity contribution in [3.63, 3.8) is 0 Å². The fourth-order valence-corrected chi connectivity index (χ4v) is 2.91. The van der Waals surface area contributed by atoms with E-state index in [0.717, 1.165) is 24.9 Å². The fraction of sp³-hybridized carbons (Fsp3) is 0.562. The molecule has 2 rings (SSSR count). The second kappa shape index (κ2) is 6.55. The molecule has 1 saturated heterocycles. The van der Waals surface area contributed by atoms with Gasteiger partial charge in [-0.1, -0.05) is 23.2 Å². The van der Waals surface area contributed by atoms with Crippen LogP contribution < -0.4 is 0 Å². The molecule has 0 radical (unpaired) electrons.